The third-order valence-electron chi connectivity index (χ3n) is 5.13. The summed E-state index contributed by atoms with van der Waals surface area (Å²) >= 11 is 0. The Balaban J connectivity index is 1.47. The number of ether oxygens (including phenoxy) is 1. The summed E-state index contributed by atoms with van der Waals surface area (Å²) in [6.07, 6.45) is -2.00. The number of alkyl halides is 3. The van der Waals surface area contributed by atoms with E-state index in [0.717, 1.165) is 25.0 Å². The molecule has 0 saturated carbocycles. The van der Waals surface area contributed by atoms with Gasteiger partial charge in [0.2, 0.25) is 11.7 Å². The van der Waals surface area contributed by atoms with Crippen molar-refractivity contribution >= 4 is 5.91 Å². The van der Waals surface area contributed by atoms with Crippen molar-refractivity contribution in [3.05, 3.63) is 66.1 Å². The molecule has 1 aromatic heterocycles. The lowest BCUT2D eigenvalue weighted by Crippen LogP contribution is -2.41. The number of halogens is 3. The molecular formula is C22H20F3N3O3. The van der Waals surface area contributed by atoms with Gasteiger partial charge in [-0.05, 0) is 43.5 Å². The van der Waals surface area contributed by atoms with Crippen molar-refractivity contribution in [3.8, 4) is 17.1 Å². The molecule has 0 N–H and O–H groups in total. The number of piperidine rings is 1. The fourth-order valence-electron chi connectivity index (χ4n) is 3.53. The molecule has 6 nitrogen and oxygen atoms in total. The van der Waals surface area contributed by atoms with Gasteiger partial charge >= 0.3 is 6.18 Å². The van der Waals surface area contributed by atoms with E-state index in [-0.39, 0.29) is 24.2 Å². The summed E-state index contributed by atoms with van der Waals surface area (Å²) in [6.45, 7) is 0.431. The summed E-state index contributed by atoms with van der Waals surface area (Å²) in [7, 11) is 0. The van der Waals surface area contributed by atoms with E-state index in [2.05, 4.69) is 10.1 Å². The second-order valence-corrected chi connectivity index (χ2v) is 7.23. The fourth-order valence-corrected chi connectivity index (χ4v) is 3.53. The third-order valence-corrected chi connectivity index (χ3v) is 5.13. The summed E-state index contributed by atoms with van der Waals surface area (Å²) in [4.78, 5) is 18.8. The second kappa shape index (κ2) is 8.79. The molecule has 1 amide bonds. The average molecular weight is 431 g/mol. The number of para-hydroxylation sites is 1. The molecule has 1 atom stereocenters. The molecule has 31 heavy (non-hydrogen) atoms. The van der Waals surface area contributed by atoms with Crippen LogP contribution in [0.4, 0.5) is 13.2 Å². The number of hydrogen-bond acceptors (Lipinski definition) is 5. The monoisotopic (exact) mass is 431 g/mol. The van der Waals surface area contributed by atoms with Crippen LogP contribution in [0.5, 0.6) is 5.75 Å². The summed E-state index contributed by atoms with van der Waals surface area (Å²) in [5.41, 5.74) is -0.341. The van der Waals surface area contributed by atoms with Gasteiger partial charge in [-0.25, -0.2) is 0 Å². The van der Waals surface area contributed by atoms with Crippen molar-refractivity contribution in [1.82, 2.24) is 15.0 Å². The Morgan fingerprint density at radius 2 is 1.84 bits per heavy atom. The van der Waals surface area contributed by atoms with Gasteiger partial charge in [-0.15, -0.1) is 0 Å². The summed E-state index contributed by atoms with van der Waals surface area (Å²) in [5.74, 6) is 0.861. The van der Waals surface area contributed by atoms with E-state index >= 15 is 0 Å². The third kappa shape index (κ3) is 4.87. The molecule has 4 rings (SSSR count). The molecule has 0 aliphatic carbocycles. The second-order valence-electron chi connectivity index (χ2n) is 7.23. The topological polar surface area (TPSA) is 68.5 Å². The quantitative estimate of drug-likeness (QED) is 0.576. The van der Waals surface area contributed by atoms with Crippen molar-refractivity contribution in [2.75, 3.05) is 13.2 Å². The molecule has 162 valence electrons. The number of amides is 1. The predicted octanol–water partition coefficient (Wildman–Crippen LogP) is 4.89. The molecule has 1 saturated heterocycles. The van der Waals surface area contributed by atoms with Crippen LogP contribution in [-0.4, -0.2) is 34.1 Å². The Morgan fingerprint density at radius 3 is 2.55 bits per heavy atom. The van der Waals surface area contributed by atoms with Gasteiger partial charge in [-0.3, -0.25) is 4.79 Å². The van der Waals surface area contributed by atoms with Gasteiger partial charge < -0.3 is 14.2 Å². The van der Waals surface area contributed by atoms with Crippen LogP contribution in [0.15, 0.2) is 59.1 Å². The summed E-state index contributed by atoms with van der Waals surface area (Å²) < 4.78 is 49.2. The van der Waals surface area contributed by atoms with Crippen LogP contribution < -0.4 is 4.74 Å². The molecule has 1 aliphatic rings. The van der Waals surface area contributed by atoms with Crippen LogP contribution in [0.3, 0.4) is 0 Å². The normalized spacial score (nSPS) is 16.9. The Bertz CT molecular complexity index is 1020. The molecule has 3 aromatic rings. The van der Waals surface area contributed by atoms with Crippen molar-refractivity contribution in [3.63, 3.8) is 0 Å². The Labute approximate surface area is 176 Å². The number of carbonyl (C=O) groups is 1. The van der Waals surface area contributed by atoms with Crippen LogP contribution >= 0.6 is 0 Å². The molecule has 9 heteroatoms. The van der Waals surface area contributed by atoms with Gasteiger partial charge in [-0.2, -0.15) is 18.2 Å². The molecule has 2 aromatic carbocycles. The maximum Gasteiger partial charge on any atom is 0.416 e. The molecule has 0 spiro atoms. The first-order valence-electron chi connectivity index (χ1n) is 9.90. The highest BCUT2D eigenvalue weighted by molar-refractivity contribution is 5.78. The first kappa shape index (κ1) is 20.9. The zero-order valence-electron chi connectivity index (χ0n) is 16.5. The molecule has 0 bridgehead atoms. The van der Waals surface area contributed by atoms with Gasteiger partial charge in [0.05, 0.1) is 5.56 Å². The summed E-state index contributed by atoms with van der Waals surface area (Å²) in [6, 6.07) is 13.2. The lowest BCUT2D eigenvalue weighted by atomic mass is 10.0. The molecule has 1 aliphatic heterocycles. The van der Waals surface area contributed by atoms with E-state index in [0.29, 0.717) is 24.3 Å². The van der Waals surface area contributed by atoms with Crippen LogP contribution in [0.1, 0.15) is 36.8 Å². The number of aromatic nitrogens is 2. The van der Waals surface area contributed by atoms with E-state index in [4.69, 9.17) is 9.26 Å². The van der Waals surface area contributed by atoms with E-state index in [1.807, 2.05) is 18.2 Å². The van der Waals surface area contributed by atoms with Crippen LogP contribution in [0.25, 0.3) is 11.4 Å². The SMILES string of the molecule is O=C(COc1ccccc1)N1CCCC[C@@H]1c1nc(-c2ccc(C(F)(F)F)cc2)no1. The van der Waals surface area contributed by atoms with Crippen molar-refractivity contribution in [1.29, 1.82) is 0 Å². The van der Waals surface area contributed by atoms with Gasteiger partial charge in [0.25, 0.3) is 5.91 Å². The fraction of sp³-hybridized carbons (Fsp3) is 0.318. The number of nitrogens with zero attached hydrogens (tertiary/aromatic N) is 3. The maximum absolute atomic E-state index is 12.8. The predicted molar refractivity (Wildman–Crippen MR) is 105 cm³/mol. The van der Waals surface area contributed by atoms with Crippen molar-refractivity contribution < 1.29 is 27.2 Å². The highest BCUT2D eigenvalue weighted by Gasteiger charge is 2.33. The van der Waals surface area contributed by atoms with E-state index in [1.165, 1.54) is 12.1 Å². The van der Waals surface area contributed by atoms with Gasteiger partial charge in [0, 0.05) is 12.1 Å². The lowest BCUT2D eigenvalue weighted by Gasteiger charge is -2.33. The molecule has 1 fully saturated rings. The number of likely N-dealkylation sites (tertiary alicyclic amines) is 1. The largest absolute Gasteiger partial charge is 0.484 e. The minimum absolute atomic E-state index is 0.111. The zero-order valence-corrected chi connectivity index (χ0v) is 16.5. The van der Waals surface area contributed by atoms with Gasteiger partial charge in [0.1, 0.15) is 11.8 Å². The van der Waals surface area contributed by atoms with E-state index in [9.17, 15) is 18.0 Å². The zero-order chi connectivity index (χ0) is 21.8. The maximum atomic E-state index is 12.8. The minimum atomic E-state index is -4.41. The highest BCUT2D eigenvalue weighted by atomic mass is 19.4. The van der Waals surface area contributed by atoms with Gasteiger partial charge in [-0.1, -0.05) is 35.5 Å². The standard InChI is InChI=1S/C22H20F3N3O3/c23-22(24,25)16-11-9-15(10-12-16)20-26-21(31-27-20)18-8-4-5-13-28(18)19(29)14-30-17-6-2-1-3-7-17/h1-3,6-7,9-12,18H,4-5,8,13-14H2/t18-/m1/s1. The summed E-state index contributed by atoms with van der Waals surface area (Å²) in [5, 5.41) is 3.90. The first-order valence-corrected chi connectivity index (χ1v) is 9.90. The Morgan fingerprint density at radius 1 is 1.10 bits per heavy atom. The van der Waals surface area contributed by atoms with Crippen LogP contribution in [-0.2, 0) is 11.0 Å². The Hall–Kier alpha value is -3.36. The molecule has 0 unspecified atom stereocenters. The average Bonchev–Trinajstić information content (AvgIpc) is 3.28. The smallest absolute Gasteiger partial charge is 0.416 e. The van der Waals surface area contributed by atoms with E-state index < -0.39 is 17.8 Å². The van der Waals surface area contributed by atoms with Crippen LogP contribution in [0.2, 0.25) is 0 Å². The first-order chi connectivity index (χ1) is 14.9. The number of hydrogen-bond donors (Lipinski definition) is 0. The van der Waals surface area contributed by atoms with Crippen LogP contribution in [0, 0.1) is 0 Å². The number of benzene rings is 2. The number of carbonyl (C=O) groups excluding carboxylic acids is 1. The van der Waals surface area contributed by atoms with E-state index in [1.54, 1.807) is 17.0 Å². The van der Waals surface area contributed by atoms with Crippen molar-refractivity contribution in [2.45, 2.75) is 31.5 Å². The Kier molecular flexibility index (Phi) is 5.92. The molecule has 2 heterocycles. The molecule has 0 radical (unpaired) electrons. The number of rotatable bonds is 5. The highest BCUT2D eigenvalue weighted by Crippen LogP contribution is 2.33. The van der Waals surface area contributed by atoms with Gasteiger partial charge in [0.15, 0.2) is 6.61 Å². The van der Waals surface area contributed by atoms with Crippen molar-refractivity contribution in [2.24, 2.45) is 0 Å². The minimum Gasteiger partial charge on any atom is -0.484 e. The molecular weight excluding hydrogens is 411 g/mol. The lowest BCUT2D eigenvalue weighted by molar-refractivity contribution is -0.138.